The van der Waals surface area contributed by atoms with Gasteiger partial charge in [0.1, 0.15) is 0 Å². The highest BCUT2D eigenvalue weighted by molar-refractivity contribution is 9.10. The molecule has 1 heterocycles. The van der Waals surface area contributed by atoms with Crippen LogP contribution in [-0.2, 0) is 6.54 Å². The molecule has 110 valence electrons. The van der Waals surface area contributed by atoms with Crippen molar-refractivity contribution in [3.05, 3.63) is 16.4 Å². The van der Waals surface area contributed by atoms with Crippen LogP contribution in [0.5, 0.6) is 0 Å². The van der Waals surface area contributed by atoms with E-state index in [4.69, 9.17) is 0 Å². The number of likely N-dealkylation sites (N-methyl/N-ethyl adjacent to an activating group) is 1. The van der Waals surface area contributed by atoms with Crippen LogP contribution >= 0.6 is 15.9 Å². The molecule has 0 fully saturated rings. The third-order valence-electron chi connectivity index (χ3n) is 3.14. The molecule has 1 atom stereocenters. The maximum absolute atomic E-state index is 4.50. The number of nitrogens with one attached hydrogen (secondary N) is 1. The third kappa shape index (κ3) is 5.24. The topological polar surface area (TPSA) is 33.1 Å². The van der Waals surface area contributed by atoms with Gasteiger partial charge >= 0.3 is 0 Å². The lowest BCUT2D eigenvalue weighted by Gasteiger charge is -2.21. The van der Waals surface area contributed by atoms with E-state index in [1.807, 2.05) is 6.20 Å². The van der Waals surface area contributed by atoms with Gasteiger partial charge in [-0.15, -0.1) is 0 Å². The minimum Gasteiger partial charge on any atom is -0.309 e. The fraction of sp³-hybridized carbons (Fsp3) is 0.786. The number of aromatic nitrogens is 2. The van der Waals surface area contributed by atoms with Gasteiger partial charge < -0.3 is 10.2 Å². The molecule has 1 aromatic rings. The van der Waals surface area contributed by atoms with Crippen molar-refractivity contribution in [2.45, 2.75) is 45.7 Å². The van der Waals surface area contributed by atoms with Gasteiger partial charge in [0.25, 0.3) is 0 Å². The molecule has 1 rings (SSSR count). The minimum atomic E-state index is 0.393. The zero-order valence-corrected chi connectivity index (χ0v) is 14.2. The summed E-state index contributed by atoms with van der Waals surface area (Å²) < 4.78 is 3.25. The van der Waals surface area contributed by atoms with E-state index in [1.54, 1.807) is 0 Å². The van der Waals surface area contributed by atoms with Crippen molar-refractivity contribution >= 4 is 15.9 Å². The first-order valence-corrected chi connectivity index (χ1v) is 7.98. The normalized spacial score (nSPS) is 13.2. The van der Waals surface area contributed by atoms with Gasteiger partial charge in [-0.05, 0) is 49.4 Å². The Morgan fingerprint density at radius 3 is 2.68 bits per heavy atom. The van der Waals surface area contributed by atoms with Gasteiger partial charge in [0, 0.05) is 6.54 Å². The Morgan fingerprint density at radius 2 is 2.11 bits per heavy atom. The van der Waals surface area contributed by atoms with Gasteiger partial charge in [-0.25, -0.2) is 0 Å². The molecule has 0 radical (unpaired) electrons. The van der Waals surface area contributed by atoms with Gasteiger partial charge in [-0.1, -0.05) is 20.3 Å². The SMILES string of the molecule is CCCNC(CCC)c1c(Br)cnn1CCN(C)C. The van der Waals surface area contributed by atoms with Crippen LogP contribution in [0.1, 0.15) is 44.8 Å². The first-order chi connectivity index (χ1) is 9.10. The van der Waals surface area contributed by atoms with Crippen molar-refractivity contribution < 1.29 is 0 Å². The number of hydrogen-bond donors (Lipinski definition) is 1. The Kier molecular flexibility index (Phi) is 7.64. The van der Waals surface area contributed by atoms with Crippen molar-refractivity contribution in [2.75, 3.05) is 27.2 Å². The minimum absolute atomic E-state index is 0.393. The van der Waals surface area contributed by atoms with Crippen molar-refractivity contribution in [3.63, 3.8) is 0 Å². The molecule has 0 aliphatic carbocycles. The van der Waals surface area contributed by atoms with E-state index in [0.29, 0.717) is 6.04 Å². The van der Waals surface area contributed by atoms with Crippen molar-refractivity contribution in [2.24, 2.45) is 0 Å². The summed E-state index contributed by atoms with van der Waals surface area (Å²) in [6.07, 6.45) is 5.39. The lowest BCUT2D eigenvalue weighted by Crippen LogP contribution is -2.27. The molecular weight excluding hydrogens is 304 g/mol. The van der Waals surface area contributed by atoms with Crippen LogP contribution in [0.15, 0.2) is 10.7 Å². The second-order valence-corrected chi connectivity index (χ2v) is 6.05. The molecule has 1 unspecified atom stereocenters. The summed E-state index contributed by atoms with van der Waals surface area (Å²) in [6.45, 7) is 7.43. The van der Waals surface area contributed by atoms with Gasteiger partial charge in [-0.3, -0.25) is 4.68 Å². The zero-order valence-electron chi connectivity index (χ0n) is 12.6. The molecule has 0 spiro atoms. The summed E-state index contributed by atoms with van der Waals surface area (Å²) in [5.41, 5.74) is 1.29. The second kappa shape index (κ2) is 8.72. The van der Waals surface area contributed by atoms with Crippen LogP contribution in [-0.4, -0.2) is 41.9 Å². The maximum Gasteiger partial charge on any atom is 0.0696 e. The van der Waals surface area contributed by atoms with Gasteiger partial charge in [-0.2, -0.15) is 5.10 Å². The largest absolute Gasteiger partial charge is 0.309 e. The van der Waals surface area contributed by atoms with Gasteiger partial charge in [0.15, 0.2) is 0 Å². The first kappa shape index (κ1) is 16.7. The molecule has 1 aromatic heterocycles. The van der Waals surface area contributed by atoms with Crippen LogP contribution in [0.4, 0.5) is 0 Å². The Balaban J connectivity index is 2.83. The molecule has 0 aliphatic heterocycles. The van der Waals surface area contributed by atoms with Crippen LogP contribution in [0.2, 0.25) is 0 Å². The first-order valence-electron chi connectivity index (χ1n) is 7.19. The summed E-state index contributed by atoms with van der Waals surface area (Å²) in [5.74, 6) is 0. The maximum atomic E-state index is 4.50. The molecule has 4 nitrogen and oxygen atoms in total. The summed E-state index contributed by atoms with van der Waals surface area (Å²) in [5, 5.41) is 8.14. The van der Waals surface area contributed by atoms with Gasteiger partial charge in [0.05, 0.1) is 29.0 Å². The fourth-order valence-electron chi connectivity index (χ4n) is 2.13. The van der Waals surface area contributed by atoms with Crippen LogP contribution < -0.4 is 5.32 Å². The van der Waals surface area contributed by atoms with E-state index in [2.05, 4.69) is 63.9 Å². The van der Waals surface area contributed by atoms with Crippen molar-refractivity contribution in [1.29, 1.82) is 0 Å². The molecular formula is C14H27BrN4. The molecule has 0 bridgehead atoms. The molecule has 5 heteroatoms. The number of nitrogens with zero attached hydrogens (tertiary/aromatic N) is 3. The van der Waals surface area contributed by atoms with Crippen LogP contribution in [0, 0.1) is 0 Å². The lowest BCUT2D eigenvalue weighted by molar-refractivity contribution is 0.359. The summed E-state index contributed by atoms with van der Waals surface area (Å²) >= 11 is 3.65. The Hall–Kier alpha value is -0.390. The molecule has 1 N–H and O–H groups in total. The predicted octanol–water partition coefficient (Wildman–Crippen LogP) is 3.05. The van der Waals surface area contributed by atoms with E-state index >= 15 is 0 Å². The smallest absolute Gasteiger partial charge is 0.0696 e. The fourth-order valence-corrected chi connectivity index (χ4v) is 2.71. The second-order valence-electron chi connectivity index (χ2n) is 5.20. The highest BCUT2D eigenvalue weighted by Crippen LogP contribution is 2.26. The van der Waals surface area contributed by atoms with E-state index in [1.165, 1.54) is 12.1 Å². The van der Waals surface area contributed by atoms with E-state index in [0.717, 1.165) is 36.9 Å². The highest BCUT2D eigenvalue weighted by atomic mass is 79.9. The van der Waals surface area contributed by atoms with Crippen molar-refractivity contribution in [3.8, 4) is 0 Å². The van der Waals surface area contributed by atoms with E-state index in [-0.39, 0.29) is 0 Å². The molecule has 0 saturated heterocycles. The summed E-state index contributed by atoms with van der Waals surface area (Å²) in [4.78, 5) is 2.19. The highest BCUT2D eigenvalue weighted by Gasteiger charge is 2.18. The van der Waals surface area contributed by atoms with Crippen LogP contribution in [0.3, 0.4) is 0 Å². The average molecular weight is 331 g/mol. The molecule has 0 aromatic carbocycles. The number of halogens is 1. The molecule has 0 aliphatic rings. The lowest BCUT2D eigenvalue weighted by atomic mass is 10.1. The standard InChI is InChI=1S/C14H27BrN4/c1-5-7-13(16-8-6-2)14-12(15)11-17-19(14)10-9-18(3)4/h11,13,16H,5-10H2,1-4H3. The Labute approximate surface area is 125 Å². The molecule has 0 saturated carbocycles. The molecule has 0 amide bonds. The quantitative estimate of drug-likeness (QED) is 0.755. The van der Waals surface area contributed by atoms with E-state index < -0.39 is 0 Å². The molecule has 19 heavy (non-hydrogen) atoms. The predicted molar refractivity (Wildman–Crippen MR) is 84.4 cm³/mol. The average Bonchev–Trinajstić information content (AvgIpc) is 2.73. The van der Waals surface area contributed by atoms with Crippen molar-refractivity contribution in [1.82, 2.24) is 20.0 Å². The Bertz CT molecular complexity index is 362. The van der Waals surface area contributed by atoms with Crippen LogP contribution in [0.25, 0.3) is 0 Å². The summed E-state index contributed by atoms with van der Waals surface area (Å²) in [6, 6.07) is 0.393. The zero-order chi connectivity index (χ0) is 14.3. The van der Waals surface area contributed by atoms with E-state index in [9.17, 15) is 0 Å². The Morgan fingerprint density at radius 1 is 1.37 bits per heavy atom. The monoisotopic (exact) mass is 330 g/mol. The third-order valence-corrected chi connectivity index (χ3v) is 3.75. The number of rotatable bonds is 9. The summed E-state index contributed by atoms with van der Waals surface area (Å²) in [7, 11) is 4.19. The number of hydrogen-bond acceptors (Lipinski definition) is 3. The van der Waals surface area contributed by atoms with Gasteiger partial charge in [0.2, 0.25) is 0 Å².